The molecule has 27 heavy (non-hydrogen) atoms. The van der Waals surface area contributed by atoms with Gasteiger partial charge in [0.2, 0.25) is 5.78 Å². The SMILES string of the molecule is COCCn1c2c(=O)n(C)c(=O)n(C)c2n2c(-c3ccc(C)cc3)nnc12. The summed E-state index contributed by atoms with van der Waals surface area (Å²) in [5.41, 5.74) is 2.08. The van der Waals surface area contributed by atoms with Gasteiger partial charge in [-0.25, -0.2) is 9.20 Å². The Kier molecular flexibility index (Phi) is 3.96. The Bertz CT molecular complexity index is 1270. The van der Waals surface area contributed by atoms with Gasteiger partial charge in [-0.3, -0.25) is 13.9 Å². The Morgan fingerprint density at radius 3 is 2.41 bits per heavy atom. The van der Waals surface area contributed by atoms with E-state index in [0.29, 0.717) is 35.9 Å². The van der Waals surface area contributed by atoms with Crippen molar-refractivity contribution in [1.82, 2.24) is 28.3 Å². The summed E-state index contributed by atoms with van der Waals surface area (Å²) in [6.07, 6.45) is 0. The maximum Gasteiger partial charge on any atom is 0.332 e. The first-order valence-electron chi connectivity index (χ1n) is 8.55. The lowest BCUT2D eigenvalue weighted by atomic mass is 10.1. The van der Waals surface area contributed by atoms with Crippen molar-refractivity contribution in [3.8, 4) is 11.4 Å². The average molecular weight is 368 g/mol. The first-order chi connectivity index (χ1) is 13.0. The number of hydrogen-bond acceptors (Lipinski definition) is 5. The number of aryl methyl sites for hydroxylation is 2. The van der Waals surface area contributed by atoms with E-state index in [-0.39, 0.29) is 5.56 Å². The molecular formula is C18H20N6O3. The number of rotatable bonds is 4. The summed E-state index contributed by atoms with van der Waals surface area (Å²) in [4.78, 5) is 25.4. The van der Waals surface area contributed by atoms with Gasteiger partial charge in [0.1, 0.15) is 0 Å². The third kappa shape index (κ3) is 2.42. The van der Waals surface area contributed by atoms with Crippen LogP contribution >= 0.6 is 0 Å². The molecule has 3 aromatic heterocycles. The van der Waals surface area contributed by atoms with E-state index in [9.17, 15) is 9.59 Å². The van der Waals surface area contributed by atoms with Crippen molar-refractivity contribution in [3.05, 3.63) is 50.7 Å². The summed E-state index contributed by atoms with van der Waals surface area (Å²) in [7, 11) is 4.71. The second-order valence-corrected chi connectivity index (χ2v) is 6.55. The zero-order valence-electron chi connectivity index (χ0n) is 15.6. The highest BCUT2D eigenvalue weighted by Gasteiger charge is 2.23. The van der Waals surface area contributed by atoms with Crippen molar-refractivity contribution >= 4 is 16.9 Å². The lowest BCUT2D eigenvalue weighted by Gasteiger charge is -2.07. The first kappa shape index (κ1) is 17.2. The minimum atomic E-state index is -0.401. The van der Waals surface area contributed by atoms with Gasteiger partial charge < -0.3 is 9.30 Å². The Hall–Kier alpha value is -3.20. The Labute approximate surface area is 154 Å². The average Bonchev–Trinajstić information content (AvgIpc) is 3.22. The number of benzene rings is 1. The molecule has 1 aromatic carbocycles. The molecule has 0 aliphatic rings. The number of imidazole rings is 1. The van der Waals surface area contributed by atoms with Crippen molar-refractivity contribution in [2.75, 3.05) is 13.7 Å². The van der Waals surface area contributed by atoms with Crippen molar-refractivity contribution in [1.29, 1.82) is 0 Å². The molecule has 0 atom stereocenters. The summed E-state index contributed by atoms with van der Waals surface area (Å²) in [5.74, 6) is 1.07. The molecule has 0 aliphatic carbocycles. The van der Waals surface area contributed by atoms with E-state index in [1.807, 2.05) is 31.2 Å². The van der Waals surface area contributed by atoms with Crippen LogP contribution in [0.15, 0.2) is 33.9 Å². The van der Waals surface area contributed by atoms with Crippen LogP contribution in [0, 0.1) is 6.92 Å². The lowest BCUT2D eigenvalue weighted by Crippen LogP contribution is -2.38. The van der Waals surface area contributed by atoms with E-state index in [2.05, 4.69) is 10.2 Å². The van der Waals surface area contributed by atoms with Crippen LogP contribution in [0.1, 0.15) is 5.56 Å². The molecule has 0 saturated heterocycles. The normalized spacial score (nSPS) is 11.7. The summed E-state index contributed by atoms with van der Waals surface area (Å²) in [6, 6.07) is 7.86. The fourth-order valence-corrected chi connectivity index (χ4v) is 3.34. The molecule has 0 amide bonds. The van der Waals surface area contributed by atoms with Crippen LogP contribution in [0.25, 0.3) is 28.3 Å². The summed E-state index contributed by atoms with van der Waals surface area (Å²) < 4.78 is 11.3. The van der Waals surface area contributed by atoms with E-state index >= 15 is 0 Å². The maximum atomic E-state index is 12.9. The Balaban J connectivity index is 2.18. The number of nitrogens with zero attached hydrogens (tertiary/aromatic N) is 6. The zero-order valence-corrected chi connectivity index (χ0v) is 15.6. The van der Waals surface area contributed by atoms with Gasteiger partial charge in [-0.2, -0.15) is 0 Å². The number of aromatic nitrogens is 6. The summed E-state index contributed by atoms with van der Waals surface area (Å²) in [6.45, 7) is 2.83. The third-order valence-corrected chi connectivity index (χ3v) is 4.81. The smallest absolute Gasteiger partial charge is 0.332 e. The van der Waals surface area contributed by atoms with Crippen molar-refractivity contribution in [2.45, 2.75) is 13.5 Å². The summed E-state index contributed by atoms with van der Waals surface area (Å²) >= 11 is 0. The number of hydrogen-bond donors (Lipinski definition) is 0. The molecule has 0 fully saturated rings. The van der Waals surface area contributed by atoms with Crippen LogP contribution in [0.4, 0.5) is 0 Å². The fourth-order valence-electron chi connectivity index (χ4n) is 3.34. The number of methoxy groups -OCH3 is 1. The largest absolute Gasteiger partial charge is 0.383 e. The second-order valence-electron chi connectivity index (χ2n) is 6.55. The van der Waals surface area contributed by atoms with Crippen LogP contribution in [0.2, 0.25) is 0 Å². The third-order valence-electron chi connectivity index (χ3n) is 4.81. The molecule has 140 valence electrons. The van der Waals surface area contributed by atoms with E-state index in [1.165, 1.54) is 11.6 Å². The monoisotopic (exact) mass is 368 g/mol. The standard InChI is InChI=1S/C18H20N6O3/c1-11-5-7-12(8-6-11)14-19-20-17-23(9-10-27-4)13-15(24(14)17)21(2)18(26)22(3)16(13)25/h5-8H,9-10H2,1-4H3. The van der Waals surface area contributed by atoms with E-state index in [0.717, 1.165) is 15.7 Å². The van der Waals surface area contributed by atoms with Crippen LogP contribution in [0.3, 0.4) is 0 Å². The minimum Gasteiger partial charge on any atom is -0.383 e. The van der Waals surface area contributed by atoms with Crippen LogP contribution in [-0.4, -0.2) is 42.0 Å². The van der Waals surface area contributed by atoms with Gasteiger partial charge in [0.05, 0.1) is 6.61 Å². The van der Waals surface area contributed by atoms with Crippen LogP contribution in [-0.2, 0) is 25.4 Å². The van der Waals surface area contributed by atoms with Gasteiger partial charge in [0.25, 0.3) is 5.56 Å². The molecule has 3 heterocycles. The molecule has 9 heteroatoms. The van der Waals surface area contributed by atoms with Gasteiger partial charge in [-0.05, 0) is 6.92 Å². The predicted octanol–water partition coefficient (Wildman–Crippen LogP) is 0.703. The molecule has 9 nitrogen and oxygen atoms in total. The van der Waals surface area contributed by atoms with Crippen molar-refractivity contribution in [3.63, 3.8) is 0 Å². The minimum absolute atomic E-state index is 0.371. The zero-order chi connectivity index (χ0) is 19.3. The van der Waals surface area contributed by atoms with Gasteiger partial charge >= 0.3 is 5.69 Å². The Morgan fingerprint density at radius 2 is 1.74 bits per heavy atom. The van der Waals surface area contributed by atoms with Gasteiger partial charge in [0, 0.05) is 33.3 Å². The molecule has 0 saturated carbocycles. The molecule has 0 unspecified atom stereocenters. The summed E-state index contributed by atoms with van der Waals surface area (Å²) in [5, 5.41) is 8.63. The highest BCUT2D eigenvalue weighted by Crippen LogP contribution is 2.24. The molecular weight excluding hydrogens is 348 g/mol. The van der Waals surface area contributed by atoms with Crippen molar-refractivity contribution < 1.29 is 4.74 Å². The molecule has 0 radical (unpaired) electrons. The van der Waals surface area contributed by atoms with Gasteiger partial charge in [-0.15, -0.1) is 10.2 Å². The topological polar surface area (TPSA) is 88.3 Å². The quantitative estimate of drug-likeness (QED) is 0.529. The second kappa shape index (κ2) is 6.20. The first-order valence-corrected chi connectivity index (χ1v) is 8.55. The van der Waals surface area contributed by atoms with Crippen LogP contribution in [0.5, 0.6) is 0 Å². The van der Waals surface area contributed by atoms with Gasteiger partial charge in [0.15, 0.2) is 17.0 Å². The van der Waals surface area contributed by atoms with Crippen molar-refractivity contribution in [2.24, 2.45) is 14.1 Å². The van der Waals surface area contributed by atoms with E-state index in [4.69, 9.17) is 4.74 Å². The molecule has 4 aromatic rings. The molecule has 0 spiro atoms. The predicted molar refractivity (Wildman–Crippen MR) is 101 cm³/mol. The number of ether oxygens (including phenoxy) is 1. The highest BCUT2D eigenvalue weighted by atomic mass is 16.5. The molecule has 4 rings (SSSR count). The number of fused-ring (bicyclic) bond motifs is 3. The van der Waals surface area contributed by atoms with E-state index < -0.39 is 5.69 Å². The maximum absolute atomic E-state index is 12.9. The highest BCUT2D eigenvalue weighted by molar-refractivity contribution is 5.79. The van der Waals surface area contributed by atoms with Gasteiger partial charge in [-0.1, -0.05) is 29.8 Å². The Morgan fingerprint density at radius 1 is 1.04 bits per heavy atom. The molecule has 0 bridgehead atoms. The molecule has 0 aliphatic heterocycles. The van der Waals surface area contributed by atoms with Crippen LogP contribution < -0.4 is 11.2 Å². The van der Waals surface area contributed by atoms with E-state index in [1.54, 1.807) is 23.1 Å². The lowest BCUT2D eigenvalue weighted by molar-refractivity contribution is 0.189. The fraction of sp³-hybridized carbons (Fsp3) is 0.333. The molecule has 0 N–H and O–H groups in total.